The quantitative estimate of drug-likeness (QED) is 0.257. The van der Waals surface area contributed by atoms with Gasteiger partial charge in [-0.25, -0.2) is 0 Å². The number of anilines is 4. The number of hydrogen-bond acceptors (Lipinski definition) is 10. The highest BCUT2D eigenvalue weighted by Crippen LogP contribution is 2.47. The van der Waals surface area contributed by atoms with Crippen molar-refractivity contribution in [3.8, 4) is 17.3 Å². The Kier molecular flexibility index (Phi) is 8.86. The highest BCUT2D eigenvalue weighted by atomic mass is 35.5. The molecule has 5 amide bonds. The molecule has 1 N–H and O–H groups in total. The molecule has 288 valence electrons. The Morgan fingerprint density at radius 2 is 1.58 bits per heavy atom. The van der Waals surface area contributed by atoms with E-state index in [-0.39, 0.29) is 24.3 Å². The number of carbonyl (C=O) groups is 5. The molecule has 0 radical (unpaired) electrons. The van der Waals surface area contributed by atoms with E-state index in [1.54, 1.807) is 35.2 Å². The molecular formula is C43H39ClN8O5. The molecule has 1 aromatic heterocycles. The molecule has 5 aliphatic heterocycles. The zero-order valence-corrected chi connectivity index (χ0v) is 32.3. The van der Waals surface area contributed by atoms with Gasteiger partial charge in [-0.1, -0.05) is 17.7 Å². The number of carbonyl (C=O) groups excluding carboxylic acids is 5. The average Bonchev–Trinajstić information content (AvgIpc) is 3.56. The maximum atomic E-state index is 13.7. The number of imide groups is 2. The van der Waals surface area contributed by atoms with E-state index in [1.807, 2.05) is 50.4 Å². The Morgan fingerprint density at radius 3 is 2.28 bits per heavy atom. The summed E-state index contributed by atoms with van der Waals surface area (Å²) >= 11 is 6.32. The van der Waals surface area contributed by atoms with Crippen LogP contribution >= 0.6 is 11.6 Å². The molecule has 6 heterocycles. The molecule has 0 saturated carbocycles. The third kappa shape index (κ3) is 6.20. The van der Waals surface area contributed by atoms with Gasteiger partial charge in [0.1, 0.15) is 12.1 Å². The highest BCUT2D eigenvalue weighted by Gasteiger charge is 2.46. The molecule has 0 aliphatic carbocycles. The van der Waals surface area contributed by atoms with Gasteiger partial charge in [-0.05, 0) is 86.5 Å². The molecule has 1 atom stereocenters. The first kappa shape index (κ1) is 36.5. The summed E-state index contributed by atoms with van der Waals surface area (Å²) < 4.78 is 0. The Hall–Kier alpha value is -6.10. The summed E-state index contributed by atoms with van der Waals surface area (Å²) in [5, 5.41) is 11.8. The fraction of sp³-hybridized carbons (Fsp3) is 0.326. The second-order valence-electron chi connectivity index (χ2n) is 15.9. The Balaban J connectivity index is 0.787. The summed E-state index contributed by atoms with van der Waals surface area (Å²) in [4.78, 5) is 78.7. The van der Waals surface area contributed by atoms with E-state index in [4.69, 9.17) is 16.6 Å². The molecule has 57 heavy (non-hydrogen) atoms. The van der Waals surface area contributed by atoms with Gasteiger partial charge >= 0.3 is 0 Å². The highest BCUT2D eigenvalue weighted by molar-refractivity contribution is 6.32. The van der Waals surface area contributed by atoms with Crippen LogP contribution in [0.5, 0.6) is 0 Å². The third-order valence-electron chi connectivity index (χ3n) is 12.0. The number of nitrogens with one attached hydrogen (secondary N) is 1. The minimum atomic E-state index is -0.978. The van der Waals surface area contributed by atoms with Crippen molar-refractivity contribution in [3.05, 3.63) is 100 Å². The van der Waals surface area contributed by atoms with Gasteiger partial charge in [0.2, 0.25) is 17.7 Å². The van der Waals surface area contributed by atoms with Crippen molar-refractivity contribution in [1.82, 2.24) is 20.1 Å². The van der Waals surface area contributed by atoms with E-state index in [9.17, 15) is 29.2 Å². The normalized spacial score (nSPS) is 20.7. The van der Waals surface area contributed by atoms with Gasteiger partial charge in [-0.2, -0.15) is 5.26 Å². The number of fused-ring (bicyclic) bond motifs is 2. The Labute approximate surface area is 334 Å². The molecule has 3 saturated heterocycles. The standard InChI is InChI=1S/C43H39ClN8O5/c1-43(2)33-17-26(4-10-36(33)51(42(43)57)29-5-3-27(20-45)34(44)19-29)35-9-7-30(21-46-35)50-23-25(24-50)22-48-13-15-49(16-14-48)28-6-8-31-32(18-28)41(56)52(40(31)55)37-11-12-38(53)47-39(37)54/h3-10,17-19,21,25,37H,11-16,22-24H2,1-2H3,(H,47,53,54). The van der Waals surface area contributed by atoms with E-state index in [0.29, 0.717) is 27.8 Å². The van der Waals surface area contributed by atoms with Crippen molar-refractivity contribution in [2.75, 3.05) is 60.5 Å². The number of hydrogen-bond donors (Lipinski definition) is 1. The number of nitriles is 1. The van der Waals surface area contributed by atoms with Gasteiger partial charge < -0.3 is 9.80 Å². The molecule has 4 aromatic rings. The summed E-state index contributed by atoms with van der Waals surface area (Å²) in [7, 11) is 0. The summed E-state index contributed by atoms with van der Waals surface area (Å²) in [5.74, 6) is -1.53. The molecule has 0 spiro atoms. The number of piperazine rings is 1. The first-order chi connectivity index (χ1) is 27.4. The van der Waals surface area contributed by atoms with Crippen LogP contribution in [0.25, 0.3) is 11.3 Å². The van der Waals surface area contributed by atoms with Gasteiger partial charge in [0.15, 0.2) is 0 Å². The lowest BCUT2D eigenvalue weighted by Crippen LogP contribution is -2.55. The van der Waals surface area contributed by atoms with Crippen LogP contribution in [0.4, 0.5) is 22.7 Å². The molecule has 1 unspecified atom stereocenters. The van der Waals surface area contributed by atoms with Gasteiger partial charge in [0, 0.05) is 69.4 Å². The molecule has 5 aliphatic rings. The number of benzene rings is 3. The van der Waals surface area contributed by atoms with Crippen LogP contribution in [0, 0.1) is 17.2 Å². The number of piperidine rings is 1. The van der Waals surface area contributed by atoms with Crippen LogP contribution in [-0.2, 0) is 19.8 Å². The Morgan fingerprint density at radius 1 is 0.842 bits per heavy atom. The monoisotopic (exact) mass is 782 g/mol. The maximum Gasteiger partial charge on any atom is 0.262 e. The van der Waals surface area contributed by atoms with Crippen molar-refractivity contribution in [3.63, 3.8) is 0 Å². The molecule has 0 bridgehead atoms. The van der Waals surface area contributed by atoms with Crippen molar-refractivity contribution >= 4 is 63.9 Å². The Bertz CT molecular complexity index is 2430. The first-order valence-corrected chi connectivity index (χ1v) is 19.5. The van der Waals surface area contributed by atoms with Crippen LogP contribution in [0.2, 0.25) is 5.02 Å². The zero-order valence-electron chi connectivity index (χ0n) is 31.5. The van der Waals surface area contributed by atoms with E-state index in [1.165, 1.54) is 0 Å². The van der Waals surface area contributed by atoms with Gasteiger partial charge in [0.05, 0.1) is 56.1 Å². The molecule has 9 rings (SSSR count). The number of rotatable bonds is 7. The minimum Gasteiger partial charge on any atom is -0.369 e. The largest absolute Gasteiger partial charge is 0.369 e. The fourth-order valence-electron chi connectivity index (χ4n) is 8.73. The van der Waals surface area contributed by atoms with Crippen molar-refractivity contribution in [1.29, 1.82) is 5.26 Å². The predicted molar refractivity (Wildman–Crippen MR) is 213 cm³/mol. The van der Waals surface area contributed by atoms with Crippen LogP contribution in [0.15, 0.2) is 72.9 Å². The molecule has 13 nitrogen and oxygen atoms in total. The predicted octanol–water partition coefficient (Wildman–Crippen LogP) is 4.89. The lowest BCUT2D eigenvalue weighted by Gasteiger charge is -2.45. The van der Waals surface area contributed by atoms with Crippen LogP contribution < -0.4 is 20.0 Å². The lowest BCUT2D eigenvalue weighted by molar-refractivity contribution is -0.136. The van der Waals surface area contributed by atoms with Gasteiger partial charge in [-0.3, -0.25) is 49.0 Å². The fourth-order valence-corrected chi connectivity index (χ4v) is 8.95. The van der Waals surface area contributed by atoms with Gasteiger partial charge in [-0.15, -0.1) is 0 Å². The second kappa shape index (κ2) is 13.8. The van der Waals surface area contributed by atoms with Crippen molar-refractivity contribution in [2.24, 2.45) is 5.92 Å². The van der Waals surface area contributed by atoms with Crippen LogP contribution in [0.3, 0.4) is 0 Å². The SMILES string of the molecule is CC1(C)C(=O)N(c2ccc(C#N)c(Cl)c2)c2ccc(-c3ccc(N4CC(CN5CCN(c6ccc7c(c6)C(=O)N(C6CCC(=O)NC6=O)C7=O)CC5)C4)cn3)cc21. The molecular weight excluding hydrogens is 744 g/mol. The smallest absolute Gasteiger partial charge is 0.262 e. The number of halogens is 1. The molecule has 3 aromatic carbocycles. The second-order valence-corrected chi connectivity index (χ2v) is 16.3. The van der Waals surface area contributed by atoms with Crippen LogP contribution in [-0.4, -0.2) is 96.2 Å². The number of pyridine rings is 1. The minimum absolute atomic E-state index is 0.0648. The zero-order chi connectivity index (χ0) is 39.7. The number of aromatic nitrogens is 1. The molecule has 14 heteroatoms. The van der Waals surface area contributed by atoms with E-state index >= 15 is 0 Å². The number of amides is 5. The summed E-state index contributed by atoms with van der Waals surface area (Å²) in [6.45, 7) is 10.0. The summed E-state index contributed by atoms with van der Waals surface area (Å²) in [6.07, 6.45) is 2.13. The van der Waals surface area contributed by atoms with Crippen LogP contribution in [0.1, 0.15) is 58.5 Å². The maximum absolute atomic E-state index is 13.7. The van der Waals surface area contributed by atoms with E-state index in [2.05, 4.69) is 32.2 Å². The third-order valence-corrected chi connectivity index (χ3v) is 12.3. The first-order valence-electron chi connectivity index (χ1n) is 19.1. The topological polar surface area (TPSA) is 150 Å². The molecule has 3 fully saturated rings. The van der Waals surface area contributed by atoms with Gasteiger partial charge in [0.25, 0.3) is 11.8 Å². The van der Waals surface area contributed by atoms with E-state index in [0.717, 1.165) is 84.6 Å². The lowest BCUT2D eigenvalue weighted by atomic mass is 9.85. The summed E-state index contributed by atoms with van der Waals surface area (Å²) in [5.41, 5.74) is 6.19. The average molecular weight is 783 g/mol. The van der Waals surface area contributed by atoms with Crippen molar-refractivity contribution in [2.45, 2.75) is 38.1 Å². The van der Waals surface area contributed by atoms with E-state index < -0.39 is 35.1 Å². The number of nitrogens with zero attached hydrogens (tertiary/aromatic N) is 7. The summed E-state index contributed by atoms with van der Waals surface area (Å²) in [6, 6.07) is 21.5. The van der Waals surface area contributed by atoms with Crippen molar-refractivity contribution < 1.29 is 24.0 Å².